The minimum Gasteiger partial charge on any atom is -0.493 e. The highest BCUT2D eigenvalue weighted by atomic mass is 79.9. The van der Waals surface area contributed by atoms with Gasteiger partial charge >= 0.3 is 0 Å². The van der Waals surface area contributed by atoms with Crippen LogP contribution in [0.15, 0.2) is 69.0 Å². The Morgan fingerprint density at radius 3 is 2.75 bits per heavy atom. The molecule has 0 aliphatic rings. The highest BCUT2D eigenvalue weighted by molar-refractivity contribution is 9.10. The van der Waals surface area contributed by atoms with E-state index >= 15 is 0 Å². The minimum atomic E-state index is -0.236. The molecule has 8 heteroatoms. The lowest BCUT2D eigenvalue weighted by atomic mass is 10.1. The van der Waals surface area contributed by atoms with Gasteiger partial charge in [-0.1, -0.05) is 70.7 Å². The summed E-state index contributed by atoms with van der Waals surface area (Å²) >= 11 is 9.81. The molecule has 0 saturated carbocycles. The zero-order chi connectivity index (χ0) is 25.7. The van der Waals surface area contributed by atoms with Crippen LogP contribution in [0.25, 0.3) is 10.9 Å². The second-order valence-corrected chi connectivity index (χ2v) is 9.81. The van der Waals surface area contributed by atoms with Crippen molar-refractivity contribution in [3.63, 3.8) is 0 Å². The molecule has 1 heterocycles. The number of halogens is 2. The molecule has 36 heavy (non-hydrogen) atoms. The number of hydrogen-bond acceptors (Lipinski definition) is 5. The Morgan fingerprint density at radius 2 is 2.00 bits per heavy atom. The molecule has 4 rings (SSSR count). The van der Waals surface area contributed by atoms with Crippen molar-refractivity contribution in [2.75, 3.05) is 7.11 Å². The molecule has 0 unspecified atom stereocenters. The summed E-state index contributed by atoms with van der Waals surface area (Å²) in [5, 5.41) is 5.52. The Balaban J connectivity index is 1.78. The van der Waals surface area contributed by atoms with E-state index in [-0.39, 0.29) is 5.56 Å². The second-order valence-electron chi connectivity index (χ2n) is 8.46. The van der Waals surface area contributed by atoms with E-state index in [0.717, 1.165) is 28.4 Å². The molecular weight excluding hydrogens is 542 g/mol. The number of aryl methyl sites for hydroxylation is 2. The third-order valence-corrected chi connectivity index (χ3v) is 6.39. The number of nitrogens with zero attached hydrogens (tertiary/aromatic N) is 3. The molecule has 3 aromatic carbocycles. The van der Waals surface area contributed by atoms with Gasteiger partial charge in [0.15, 0.2) is 11.5 Å². The Hall–Kier alpha value is -3.16. The van der Waals surface area contributed by atoms with E-state index < -0.39 is 0 Å². The van der Waals surface area contributed by atoms with Crippen molar-refractivity contribution < 1.29 is 9.47 Å². The largest absolute Gasteiger partial charge is 0.493 e. The number of fused-ring (bicyclic) bond motifs is 1. The third kappa shape index (κ3) is 5.97. The van der Waals surface area contributed by atoms with Crippen LogP contribution in [-0.4, -0.2) is 23.0 Å². The van der Waals surface area contributed by atoms with Gasteiger partial charge in [0.1, 0.15) is 12.4 Å². The van der Waals surface area contributed by atoms with Gasteiger partial charge in [0.05, 0.1) is 24.2 Å². The third-order valence-electron chi connectivity index (χ3n) is 5.68. The first-order valence-corrected chi connectivity index (χ1v) is 12.9. The van der Waals surface area contributed by atoms with E-state index in [1.807, 2.05) is 37.3 Å². The maximum Gasteiger partial charge on any atom is 0.282 e. The summed E-state index contributed by atoms with van der Waals surface area (Å²) in [5.74, 6) is 1.58. The SMILES string of the molecule is CCCCc1nc2ccc(Br)cc2c(=O)n1N=Cc1cc(Cl)cc(OC)c1OCc1cccc(C)c1. The number of hydrogen-bond donors (Lipinski definition) is 0. The summed E-state index contributed by atoms with van der Waals surface area (Å²) in [7, 11) is 1.56. The number of benzene rings is 3. The predicted molar refractivity (Wildman–Crippen MR) is 149 cm³/mol. The molecular formula is C28H27BrClN3O3. The van der Waals surface area contributed by atoms with E-state index in [2.05, 4.69) is 34.0 Å². The van der Waals surface area contributed by atoms with Gasteiger partial charge in [0, 0.05) is 27.5 Å². The summed E-state index contributed by atoms with van der Waals surface area (Å²) < 4.78 is 13.9. The predicted octanol–water partition coefficient (Wildman–Crippen LogP) is 6.93. The van der Waals surface area contributed by atoms with Gasteiger partial charge in [-0.15, -0.1) is 0 Å². The molecule has 4 aromatic rings. The van der Waals surface area contributed by atoms with E-state index in [1.54, 1.807) is 31.5 Å². The first-order chi connectivity index (χ1) is 17.4. The van der Waals surface area contributed by atoms with Crippen molar-refractivity contribution >= 4 is 44.6 Å². The summed E-state index contributed by atoms with van der Waals surface area (Å²) in [6.45, 7) is 4.47. The number of unbranched alkanes of at least 4 members (excludes halogenated alkanes) is 1. The Labute approximate surface area is 223 Å². The molecule has 6 nitrogen and oxygen atoms in total. The lowest BCUT2D eigenvalue weighted by Crippen LogP contribution is -2.22. The molecule has 186 valence electrons. The molecule has 0 atom stereocenters. The first kappa shape index (κ1) is 25.9. The molecule has 0 saturated heterocycles. The molecule has 1 aromatic heterocycles. The van der Waals surface area contributed by atoms with Gasteiger partial charge in [0.2, 0.25) is 0 Å². The van der Waals surface area contributed by atoms with Crippen molar-refractivity contribution in [2.24, 2.45) is 5.10 Å². The lowest BCUT2D eigenvalue weighted by Gasteiger charge is -2.15. The summed E-state index contributed by atoms with van der Waals surface area (Å²) in [4.78, 5) is 18.1. The van der Waals surface area contributed by atoms with Crippen molar-refractivity contribution in [3.05, 3.63) is 97.0 Å². The van der Waals surface area contributed by atoms with Crippen molar-refractivity contribution in [2.45, 2.75) is 39.7 Å². The number of methoxy groups -OCH3 is 1. The van der Waals surface area contributed by atoms with E-state index in [0.29, 0.717) is 51.8 Å². The average molecular weight is 569 g/mol. The molecule has 0 radical (unpaired) electrons. The molecule has 0 fully saturated rings. The molecule has 0 bridgehead atoms. The smallest absolute Gasteiger partial charge is 0.282 e. The molecule has 0 amide bonds. The monoisotopic (exact) mass is 567 g/mol. The standard InChI is InChI=1S/C28H27BrClN3O3/c1-4-5-9-26-32-24-11-10-21(29)14-23(24)28(34)33(26)31-16-20-13-22(30)15-25(35-3)27(20)36-17-19-8-6-7-18(2)12-19/h6-8,10-16H,4-5,9,17H2,1-3H3. The van der Waals surface area contributed by atoms with Crippen LogP contribution in [0.1, 0.15) is 42.3 Å². The van der Waals surface area contributed by atoms with E-state index in [4.69, 9.17) is 26.1 Å². The number of aromatic nitrogens is 2. The van der Waals surface area contributed by atoms with Crippen LogP contribution in [-0.2, 0) is 13.0 Å². The van der Waals surface area contributed by atoms with Crippen LogP contribution in [0.3, 0.4) is 0 Å². The van der Waals surface area contributed by atoms with Crippen molar-refractivity contribution in [1.82, 2.24) is 9.66 Å². The van der Waals surface area contributed by atoms with E-state index in [9.17, 15) is 4.79 Å². The van der Waals surface area contributed by atoms with Gasteiger partial charge in [-0.25, -0.2) is 4.98 Å². The van der Waals surface area contributed by atoms with Crippen molar-refractivity contribution in [1.29, 1.82) is 0 Å². The number of rotatable bonds is 9. The van der Waals surface area contributed by atoms with Crippen molar-refractivity contribution in [3.8, 4) is 11.5 Å². The molecule has 0 aliphatic carbocycles. The van der Waals surface area contributed by atoms with Gasteiger partial charge in [-0.05, 0) is 43.2 Å². The van der Waals surface area contributed by atoms with Crippen LogP contribution in [0.4, 0.5) is 0 Å². The van der Waals surface area contributed by atoms with Crippen LogP contribution in [0, 0.1) is 6.92 Å². The van der Waals surface area contributed by atoms with Gasteiger partial charge in [-0.3, -0.25) is 4.79 Å². The zero-order valence-corrected chi connectivity index (χ0v) is 22.8. The van der Waals surface area contributed by atoms with Crippen LogP contribution in [0.2, 0.25) is 5.02 Å². The topological polar surface area (TPSA) is 65.7 Å². The fourth-order valence-corrected chi connectivity index (χ4v) is 4.46. The normalized spacial score (nSPS) is 11.4. The minimum absolute atomic E-state index is 0.236. The summed E-state index contributed by atoms with van der Waals surface area (Å²) in [6, 6.07) is 17.0. The lowest BCUT2D eigenvalue weighted by molar-refractivity contribution is 0.284. The Bertz CT molecular complexity index is 1480. The Morgan fingerprint density at radius 1 is 1.17 bits per heavy atom. The molecule has 0 aliphatic heterocycles. The fraction of sp³-hybridized carbons (Fsp3) is 0.250. The van der Waals surface area contributed by atoms with E-state index in [1.165, 1.54) is 4.68 Å². The van der Waals surface area contributed by atoms with Crippen LogP contribution < -0.4 is 15.0 Å². The quantitative estimate of drug-likeness (QED) is 0.205. The highest BCUT2D eigenvalue weighted by Crippen LogP contribution is 2.34. The average Bonchev–Trinajstić information content (AvgIpc) is 2.86. The Kier molecular flexibility index (Phi) is 8.44. The maximum atomic E-state index is 13.4. The van der Waals surface area contributed by atoms with Gasteiger partial charge in [0.25, 0.3) is 5.56 Å². The maximum absolute atomic E-state index is 13.4. The van der Waals surface area contributed by atoms with Crippen LogP contribution in [0.5, 0.6) is 11.5 Å². The fourth-order valence-electron chi connectivity index (χ4n) is 3.88. The van der Waals surface area contributed by atoms with Gasteiger partial charge < -0.3 is 9.47 Å². The van der Waals surface area contributed by atoms with Gasteiger partial charge in [-0.2, -0.15) is 9.78 Å². The first-order valence-electron chi connectivity index (χ1n) is 11.7. The van der Waals surface area contributed by atoms with Crippen LogP contribution >= 0.6 is 27.5 Å². The highest BCUT2D eigenvalue weighted by Gasteiger charge is 2.14. The number of ether oxygens (including phenoxy) is 2. The summed E-state index contributed by atoms with van der Waals surface area (Å²) in [6.07, 6.45) is 4.06. The second kappa shape index (κ2) is 11.7. The molecule has 0 spiro atoms. The summed E-state index contributed by atoms with van der Waals surface area (Å²) in [5.41, 5.74) is 3.18. The molecule has 0 N–H and O–H groups in total. The zero-order valence-electron chi connectivity index (χ0n) is 20.4.